The third-order valence-corrected chi connectivity index (χ3v) is 3.29. The van der Waals surface area contributed by atoms with Crippen LogP contribution in [0.25, 0.3) is 0 Å². The van der Waals surface area contributed by atoms with Crippen LogP contribution in [0.5, 0.6) is 0 Å². The van der Waals surface area contributed by atoms with Crippen molar-refractivity contribution in [3.05, 3.63) is 34.9 Å². The molecule has 0 radical (unpaired) electrons. The van der Waals surface area contributed by atoms with Crippen LogP contribution in [0.3, 0.4) is 0 Å². The standard InChI is InChI=1S/C13H19N.ClH/c1-9-6-10(2)8-12(7-9)13(14)11-4-3-5-11;/h6-8,11,13H,3-5,14H2,1-2H3;1H/t13-;/m1./s1. The molecule has 0 aliphatic heterocycles. The fourth-order valence-electron chi connectivity index (χ4n) is 2.27. The summed E-state index contributed by atoms with van der Waals surface area (Å²) < 4.78 is 0. The van der Waals surface area contributed by atoms with Gasteiger partial charge >= 0.3 is 0 Å². The molecule has 1 saturated carbocycles. The maximum Gasteiger partial charge on any atom is 0.0323 e. The number of benzene rings is 1. The highest BCUT2D eigenvalue weighted by Crippen LogP contribution is 2.36. The van der Waals surface area contributed by atoms with Gasteiger partial charge in [0.05, 0.1) is 0 Å². The van der Waals surface area contributed by atoms with E-state index in [1.54, 1.807) is 0 Å². The molecule has 1 aromatic carbocycles. The lowest BCUT2D eigenvalue weighted by atomic mass is 9.77. The van der Waals surface area contributed by atoms with Gasteiger partial charge in [-0.1, -0.05) is 35.7 Å². The molecule has 84 valence electrons. The minimum absolute atomic E-state index is 0. The summed E-state index contributed by atoms with van der Waals surface area (Å²) in [6.07, 6.45) is 3.99. The summed E-state index contributed by atoms with van der Waals surface area (Å²) >= 11 is 0. The van der Waals surface area contributed by atoms with Crippen molar-refractivity contribution in [2.45, 2.75) is 39.2 Å². The lowest BCUT2D eigenvalue weighted by molar-refractivity contribution is 0.264. The van der Waals surface area contributed by atoms with Crippen LogP contribution in [-0.4, -0.2) is 0 Å². The molecule has 0 unspecified atom stereocenters. The van der Waals surface area contributed by atoms with E-state index < -0.39 is 0 Å². The van der Waals surface area contributed by atoms with Gasteiger partial charge in [-0.25, -0.2) is 0 Å². The molecule has 0 bridgehead atoms. The van der Waals surface area contributed by atoms with Crippen molar-refractivity contribution in [3.63, 3.8) is 0 Å². The monoisotopic (exact) mass is 225 g/mol. The first-order chi connectivity index (χ1) is 6.66. The van der Waals surface area contributed by atoms with Gasteiger partial charge in [-0.15, -0.1) is 12.4 Å². The normalized spacial score (nSPS) is 17.8. The smallest absolute Gasteiger partial charge is 0.0323 e. The summed E-state index contributed by atoms with van der Waals surface area (Å²) in [5.74, 6) is 0.733. The number of nitrogens with two attached hydrogens (primary N) is 1. The predicted molar refractivity (Wildman–Crippen MR) is 67.4 cm³/mol. The summed E-state index contributed by atoms with van der Waals surface area (Å²) in [6.45, 7) is 4.29. The van der Waals surface area contributed by atoms with Crippen molar-refractivity contribution in [3.8, 4) is 0 Å². The number of halogens is 1. The minimum Gasteiger partial charge on any atom is -0.324 e. The molecular weight excluding hydrogens is 206 g/mol. The van der Waals surface area contributed by atoms with Gasteiger partial charge in [0.15, 0.2) is 0 Å². The molecule has 1 fully saturated rings. The molecule has 1 aliphatic rings. The van der Waals surface area contributed by atoms with Gasteiger partial charge in [-0.3, -0.25) is 0 Å². The van der Waals surface area contributed by atoms with Crippen molar-refractivity contribution in [1.82, 2.24) is 0 Å². The Labute approximate surface area is 98.5 Å². The highest BCUT2D eigenvalue weighted by Gasteiger charge is 2.25. The van der Waals surface area contributed by atoms with Gasteiger partial charge in [-0.05, 0) is 38.2 Å². The van der Waals surface area contributed by atoms with Crippen LogP contribution >= 0.6 is 12.4 Å². The predicted octanol–water partition coefficient (Wildman–Crippen LogP) is 3.53. The van der Waals surface area contributed by atoms with E-state index in [1.807, 2.05) is 0 Å². The summed E-state index contributed by atoms with van der Waals surface area (Å²) in [7, 11) is 0. The molecule has 0 spiro atoms. The first kappa shape index (κ1) is 12.5. The van der Waals surface area contributed by atoms with Crippen LogP contribution in [0.1, 0.15) is 42.0 Å². The van der Waals surface area contributed by atoms with Crippen LogP contribution in [0, 0.1) is 19.8 Å². The molecule has 2 rings (SSSR count). The van der Waals surface area contributed by atoms with E-state index in [1.165, 1.54) is 36.0 Å². The lowest BCUT2D eigenvalue weighted by Gasteiger charge is -2.31. The van der Waals surface area contributed by atoms with E-state index >= 15 is 0 Å². The highest BCUT2D eigenvalue weighted by molar-refractivity contribution is 5.85. The Balaban J connectivity index is 0.00000112. The first-order valence-corrected chi connectivity index (χ1v) is 5.50. The maximum absolute atomic E-state index is 6.24. The summed E-state index contributed by atoms with van der Waals surface area (Å²) in [5, 5.41) is 0. The Kier molecular flexibility index (Phi) is 4.18. The lowest BCUT2D eigenvalue weighted by Crippen LogP contribution is -2.26. The van der Waals surface area contributed by atoms with Crippen molar-refractivity contribution >= 4 is 12.4 Å². The van der Waals surface area contributed by atoms with Gasteiger partial charge in [0.25, 0.3) is 0 Å². The van der Waals surface area contributed by atoms with Crippen molar-refractivity contribution in [1.29, 1.82) is 0 Å². The fourth-order valence-corrected chi connectivity index (χ4v) is 2.27. The number of hydrogen-bond acceptors (Lipinski definition) is 1. The molecule has 1 aliphatic carbocycles. The Morgan fingerprint density at radius 2 is 1.67 bits per heavy atom. The van der Waals surface area contributed by atoms with E-state index in [0.717, 1.165) is 5.92 Å². The second kappa shape index (κ2) is 5.00. The zero-order chi connectivity index (χ0) is 10.1. The fraction of sp³-hybridized carbons (Fsp3) is 0.538. The van der Waals surface area contributed by atoms with E-state index in [-0.39, 0.29) is 18.4 Å². The van der Waals surface area contributed by atoms with Gasteiger partial charge in [-0.2, -0.15) is 0 Å². The summed E-state index contributed by atoms with van der Waals surface area (Å²) in [4.78, 5) is 0. The third-order valence-electron chi connectivity index (χ3n) is 3.29. The van der Waals surface area contributed by atoms with Crippen molar-refractivity contribution in [2.24, 2.45) is 11.7 Å². The first-order valence-electron chi connectivity index (χ1n) is 5.50. The highest BCUT2D eigenvalue weighted by atomic mass is 35.5. The SMILES string of the molecule is Cc1cc(C)cc([C@H](N)C2CCC2)c1.Cl. The molecule has 1 atom stereocenters. The van der Waals surface area contributed by atoms with Crippen LogP contribution in [0.4, 0.5) is 0 Å². The Hall–Kier alpha value is -0.530. The van der Waals surface area contributed by atoms with E-state index in [0.29, 0.717) is 0 Å². The van der Waals surface area contributed by atoms with Gasteiger partial charge < -0.3 is 5.73 Å². The molecule has 0 amide bonds. The van der Waals surface area contributed by atoms with Crippen LogP contribution in [-0.2, 0) is 0 Å². The zero-order valence-electron chi connectivity index (χ0n) is 9.49. The van der Waals surface area contributed by atoms with Crippen LogP contribution in [0.2, 0.25) is 0 Å². The second-order valence-corrected chi connectivity index (χ2v) is 4.64. The average molecular weight is 226 g/mol. The van der Waals surface area contributed by atoms with Gasteiger partial charge in [0.2, 0.25) is 0 Å². The molecule has 0 heterocycles. The Morgan fingerprint density at radius 3 is 2.07 bits per heavy atom. The third kappa shape index (κ3) is 2.73. The van der Waals surface area contributed by atoms with E-state index in [9.17, 15) is 0 Å². The zero-order valence-corrected chi connectivity index (χ0v) is 10.3. The van der Waals surface area contributed by atoms with Crippen molar-refractivity contribution < 1.29 is 0 Å². The van der Waals surface area contributed by atoms with Gasteiger partial charge in [0.1, 0.15) is 0 Å². The molecule has 2 N–H and O–H groups in total. The minimum atomic E-state index is 0. The molecule has 15 heavy (non-hydrogen) atoms. The molecular formula is C13H20ClN. The van der Waals surface area contributed by atoms with Crippen molar-refractivity contribution in [2.75, 3.05) is 0 Å². The molecule has 1 aromatic rings. The molecule has 0 aromatic heterocycles. The molecule has 2 heteroatoms. The number of rotatable bonds is 2. The quantitative estimate of drug-likeness (QED) is 0.819. The number of hydrogen-bond donors (Lipinski definition) is 1. The van der Waals surface area contributed by atoms with E-state index in [4.69, 9.17) is 5.73 Å². The number of aryl methyl sites for hydroxylation is 2. The Bertz CT molecular complexity index is 311. The average Bonchev–Trinajstić information content (AvgIpc) is 1.98. The summed E-state index contributed by atoms with van der Waals surface area (Å²) in [6, 6.07) is 6.94. The molecule has 1 nitrogen and oxygen atoms in total. The molecule has 0 saturated heterocycles. The van der Waals surface area contributed by atoms with Crippen LogP contribution in [0.15, 0.2) is 18.2 Å². The van der Waals surface area contributed by atoms with Gasteiger partial charge in [0, 0.05) is 6.04 Å². The topological polar surface area (TPSA) is 26.0 Å². The Morgan fingerprint density at radius 1 is 1.13 bits per heavy atom. The van der Waals surface area contributed by atoms with E-state index in [2.05, 4.69) is 32.0 Å². The summed E-state index contributed by atoms with van der Waals surface area (Å²) in [5.41, 5.74) is 10.2. The maximum atomic E-state index is 6.24. The largest absolute Gasteiger partial charge is 0.324 e. The second-order valence-electron chi connectivity index (χ2n) is 4.64. The van der Waals surface area contributed by atoms with Crippen LogP contribution < -0.4 is 5.73 Å².